The second-order valence-electron chi connectivity index (χ2n) is 2.90. The third-order valence-electron chi connectivity index (χ3n) is 1.73. The van der Waals surface area contributed by atoms with Gasteiger partial charge in [0, 0.05) is 17.4 Å². The van der Waals surface area contributed by atoms with E-state index in [1.165, 1.54) is 0 Å². The van der Waals surface area contributed by atoms with Crippen molar-refractivity contribution in [1.29, 1.82) is 0 Å². The van der Waals surface area contributed by atoms with Crippen LogP contribution in [0.3, 0.4) is 0 Å². The van der Waals surface area contributed by atoms with E-state index in [-0.39, 0.29) is 5.91 Å². The van der Waals surface area contributed by atoms with E-state index in [1.807, 2.05) is 24.3 Å². The fourth-order valence-corrected chi connectivity index (χ4v) is 1.27. The summed E-state index contributed by atoms with van der Waals surface area (Å²) in [6.45, 7) is 4.07. The molecule has 0 atom stereocenters. The molecule has 14 heavy (non-hydrogen) atoms. The summed E-state index contributed by atoms with van der Waals surface area (Å²) in [5.41, 5.74) is 1.09. The van der Waals surface area contributed by atoms with Gasteiger partial charge in [0.25, 0.3) is 0 Å². The van der Waals surface area contributed by atoms with Gasteiger partial charge in [0.05, 0.1) is 0 Å². The molecule has 0 saturated carbocycles. The first kappa shape index (κ1) is 11.0. The van der Waals surface area contributed by atoms with Crippen LogP contribution >= 0.6 is 15.9 Å². The third kappa shape index (κ3) is 3.75. The summed E-state index contributed by atoms with van der Waals surface area (Å²) in [4.78, 5) is 11.1. The van der Waals surface area contributed by atoms with E-state index in [0.717, 1.165) is 10.0 Å². The van der Waals surface area contributed by atoms with E-state index in [4.69, 9.17) is 0 Å². The summed E-state index contributed by atoms with van der Waals surface area (Å²) in [5, 5.41) is 2.79. The van der Waals surface area contributed by atoms with Crippen molar-refractivity contribution in [3.63, 3.8) is 0 Å². The topological polar surface area (TPSA) is 29.1 Å². The molecule has 1 amide bonds. The quantitative estimate of drug-likeness (QED) is 0.822. The van der Waals surface area contributed by atoms with Crippen LogP contribution in [-0.4, -0.2) is 5.91 Å². The van der Waals surface area contributed by atoms with E-state index in [1.54, 1.807) is 6.08 Å². The number of hydrogen-bond donors (Lipinski definition) is 1. The van der Waals surface area contributed by atoms with Crippen LogP contribution in [0.1, 0.15) is 12.0 Å². The van der Waals surface area contributed by atoms with Crippen molar-refractivity contribution in [1.82, 2.24) is 5.32 Å². The molecule has 0 aromatic heterocycles. The molecular weight excluding hydrogens is 242 g/mol. The first-order valence-electron chi connectivity index (χ1n) is 4.34. The van der Waals surface area contributed by atoms with Gasteiger partial charge in [-0.1, -0.05) is 34.1 Å². The summed E-state index contributed by atoms with van der Waals surface area (Å²) >= 11 is 3.35. The Hall–Kier alpha value is -1.09. The Morgan fingerprint density at radius 3 is 2.64 bits per heavy atom. The van der Waals surface area contributed by atoms with Crippen LogP contribution in [0.2, 0.25) is 0 Å². The number of nitrogens with one attached hydrogen (secondary N) is 1. The molecule has 0 spiro atoms. The lowest BCUT2D eigenvalue weighted by molar-refractivity contribution is -0.120. The van der Waals surface area contributed by atoms with E-state index in [0.29, 0.717) is 13.0 Å². The number of halogens is 1. The molecule has 0 fully saturated rings. The molecule has 0 unspecified atom stereocenters. The molecule has 0 saturated heterocycles. The Bertz CT molecular complexity index is 319. The summed E-state index contributed by atoms with van der Waals surface area (Å²) < 4.78 is 1.04. The Kier molecular flexibility index (Phi) is 4.40. The average molecular weight is 254 g/mol. The number of carbonyl (C=O) groups is 1. The maximum atomic E-state index is 11.1. The molecular formula is C11H12BrNO. The summed E-state index contributed by atoms with van der Waals surface area (Å²) in [6.07, 6.45) is 1.97. The number of rotatable bonds is 4. The van der Waals surface area contributed by atoms with Gasteiger partial charge in [-0.15, -0.1) is 6.58 Å². The Labute approximate surface area is 92.1 Å². The summed E-state index contributed by atoms with van der Waals surface area (Å²) in [7, 11) is 0. The van der Waals surface area contributed by atoms with Crippen LogP contribution in [0.25, 0.3) is 0 Å². The molecule has 74 valence electrons. The molecule has 2 nitrogen and oxygen atoms in total. The van der Waals surface area contributed by atoms with Gasteiger partial charge >= 0.3 is 0 Å². The van der Waals surface area contributed by atoms with Crippen molar-refractivity contribution in [3.8, 4) is 0 Å². The smallest absolute Gasteiger partial charge is 0.224 e. The van der Waals surface area contributed by atoms with Gasteiger partial charge in [0.15, 0.2) is 0 Å². The van der Waals surface area contributed by atoms with Crippen LogP contribution in [0.5, 0.6) is 0 Å². The lowest BCUT2D eigenvalue weighted by Gasteiger charge is -2.03. The minimum atomic E-state index is 0.00270. The molecule has 0 aliphatic rings. The number of hydrogen-bond acceptors (Lipinski definition) is 1. The highest BCUT2D eigenvalue weighted by atomic mass is 79.9. The molecule has 0 bridgehead atoms. The number of amides is 1. The molecule has 0 aliphatic heterocycles. The van der Waals surface area contributed by atoms with Crippen LogP contribution in [-0.2, 0) is 11.3 Å². The van der Waals surface area contributed by atoms with Crippen molar-refractivity contribution in [2.45, 2.75) is 13.0 Å². The molecule has 0 aliphatic carbocycles. The Balaban J connectivity index is 2.41. The predicted octanol–water partition coefficient (Wildman–Crippen LogP) is 2.64. The zero-order valence-electron chi connectivity index (χ0n) is 7.79. The molecule has 0 heterocycles. The lowest BCUT2D eigenvalue weighted by atomic mass is 10.2. The highest BCUT2D eigenvalue weighted by molar-refractivity contribution is 9.10. The van der Waals surface area contributed by atoms with Crippen molar-refractivity contribution >= 4 is 21.8 Å². The van der Waals surface area contributed by atoms with Crippen molar-refractivity contribution < 1.29 is 4.79 Å². The standard InChI is InChI=1S/C11H12BrNO/c1-2-3-11(14)13-8-9-4-6-10(12)7-5-9/h2,4-7H,1,3,8H2,(H,13,14). The van der Waals surface area contributed by atoms with Crippen LogP contribution in [0, 0.1) is 0 Å². The van der Waals surface area contributed by atoms with Gasteiger partial charge in [0.1, 0.15) is 0 Å². The van der Waals surface area contributed by atoms with Gasteiger partial charge in [-0.2, -0.15) is 0 Å². The van der Waals surface area contributed by atoms with E-state index in [9.17, 15) is 4.79 Å². The molecule has 0 radical (unpaired) electrons. The average Bonchev–Trinajstić information content (AvgIpc) is 2.17. The van der Waals surface area contributed by atoms with Crippen LogP contribution < -0.4 is 5.32 Å². The van der Waals surface area contributed by atoms with Crippen molar-refractivity contribution in [2.24, 2.45) is 0 Å². The summed E-state index contributed by atoms with van der Waals surface area (Å²) in [5.74, 6) is 0.00270. The van der Waals surface area contributed by atoms with Crippen molar-refractivity contribution in [3.05, 3.63) is 47.0 Å². The minimum absolute atomic E-state index is 0.00270. The van der Waals surface area contributed by atoms with Gasteiger partial charge in [0.2, 0.25) is 5.91 Å². The van der Waals surface area contributed by atoms with Gasteiger partial charge in [-0.25, -0.2) is 0 Å². The monoisotopic (exact) mass is 253 g/mol. The van der Waals surface area contributed by atoms with Gasteiger partial charge in [-0.05, 0) is 17.7 Å². The largest absolute Gasteiger partial charge is 0.352 e. The maximum Gasteiger partial charge on any atom is 0.224 e. The predicted molar refractivity (Wildman–Crippen MR) is 60.8 cm³/mol. The van der Waals surface area contributed by atoms with E-state index in [2.05, 4.69) is 27.8 Å². The SMILES string of the molecule is C=CCC(=O)NCc1ccc(Br)cc1. The third-order valence-corrected chi connectivity index (χ3v) is 2.26. The highest BCUT2D eigenvalue weighted by Gasteiger charge is 1.97. The second kappa shape index (κ2) is 5.60. The fourth-order valence-electron chi connectivity index (χ4n) is 1.01. The number of benzene rings is 1. The summed E-state index contributed by atoms with van der Waals surface area (Å²) in [6, 6.07) is 7.85. The first-order valence-corrected chi connectivity index (χ1v) is 5.13. The zero-order chi connectivity index (χ0) is 10.4. The van der Waals surface area contributed by atoms with Gasteiger partial charge < -0.3 is 5.32 Å². The first-order chi connectivity index (χ1) is 6.72. The Morgan fingerprint density at radius 2 is 2.07 bits per heavy atom. The molecule has 3 heteroatoms. The van der Waals surface area contributed by atoms with Crippen molar-refractivity contribution in [2.75, 3.05) is 0 Å². The minimum Gasteiger partial charge on any atom is -0.352 e. The van der Waals surface area contributed by atoms with Gasteiger partial charge in [-0.3, -0.25) is 4.79 Å². The second-order valence-corrected chi connectivity index (χ2v) is 3.81. The van der Waals surface area contributed by atoms with E-state index < -0.39 is 0 Å². The molecule has 1 N–H and O–H groups in total. The lowest BCUT2D eigenvalue weighted by Crippen LogP contribution is -2.21. The van der Waals surface area contributed by atoms with E-state index >= 15 is 0 Å². The molecule has 1 aromatic rings. The Morgan fingerprint density at radius 1 is 1.43 bits per heavy atom. The zero-order valence-corrected chi connectivity index (χ0v) is 9.38. The fraction of sp³-hybridized carbons (Fsp3) is 0.182. The normalized spacial score (nSPS) is 9.50. The molecule has 1 rings (SSSR count). The highest BCUT2D eigenvalue weighted by Crippen LogP contribution is 2.10. The molecule has 1 aromatic carbocycles. The maximum absolute atomic E-state index is 11.1. The number of carbonyl (C=O) groups excluding carboxylic acids is 1. The van der Waals surface area contributed by atoms with Crippen LogP contribution in [0.4, 0.5) is 0 Å². The van der Waals surface area contributed by atoms with Crippen LogP contribution in [0.15, 0.2) is 41.4 Å².